The van der Waals surface area contributed by atoms with Gasteiger partial charge in [-0.2, -0.15) is 0 Å². The third-order valence-electron chi connectivity index (χ3n) is 12.7. The van der Waals surface area contributed by atoms with Gasteiger partial charge in [0.1, 0.15) is 25.7 Å². The first-order valence-corrected chi connectivity index (χ1v) is 30.5. The van der Waals surface area contributed by atoms with Crippen LogP contribution >= 0.6 is 22.7 Å². The SMILES string of the molecule is CC(C)(C)c1cc([SiH](c2ccccc2)c2ccccc2)c(C2=C(c3ccccc3)C(c3ccccc3)=C(c3sc(C(C)(C)C)cc3[SiH](c3ccccc3)c3ccccc3)[Si]2(C)C)s1. The number of allylic oxidation sites excluding steroid dienone is 2. The molecule has 0 radical (unpaired) electrons. The number of benzene rings is 6. The summed E-state index contributed by atoms with van der Waals surface area (Å²) in [5, 5.41) is 12.2. The molecule has 0 amide bonds. The van der Waals surface area contributed by atoms with Crippen molar-refractivity contribution in [3.05, 3.63) is 225 Å². The van der Waals surface area contributed by atoms with E-state index in [1.165, 1.54) is 62.5 Å². The van der Waals surface area contributed by atoms with E-state index in [4.69, 9.17) is 0 Å². The highest BCUT2D eigenvalue weighted by molar-refractivity contribution is 7.26. The van der Waals surface area contributed by atoms with Crippen molar-refractivity contribution in [3.63, 3.8) is 0 Å². The Morgan fingerprint density at radius 1 is 0.365 bits per heavy atom. The van der Waals surface area contributed by atoms with Crippen LogP contribution in [-0.2, 0) is 10.8 Å². The molecule has 0 fully saturated rings. The summed E-state index contributed by atoms with van der Waals surface area (Å²) in [6.07, 6.45) is 0. The zero-order valence-corrected chi connectivity index (χ0v) is 42.9. The zero-order valence-electron chi connectivity index (χ0n) is 37.9. The standard InChI is InChI=1S/C58H58S2Si3/c1-57(2,3)49-39-47(61(43-31-19-11-20-32-43)44-33-21-12-22-34-44)53(59-49)55-51(41-27-15-9-16-28-41)52(42-29-17-10-18-30-42)56(63(55,7)8)54-48(40-50(60-54)58(4,5)6)62(45-35-23-13-24-36-45)46-37-25-14-26-38-46/h9-40,61-62H,1-8H3. The van der Waals surface area contributed by atoms with Crippen molar-refractivity contribution in [2.45, 2.75) is 65.5 Å². The van der Waals surface area contributed by atoms with Crippen molar-refractivity contribution < 1.29 is 0 Å². The van der Waals surface area contributed by atoms with Gasteiger partial charge < -0.3 is 0 Å². The van der Waals surface area contributed by atoms with Crippen molar-refractivity contribution in [2.24, 2.45) is 0 Å². The highest BCUT2D eigenvalue weighted by Crippen LogP contribution is 2.57. The summed E-state index contributed by atoms with van der Waals surface area (Å²) in [4.78, 5) is 5.95. The molecule has 314 valence electrons. The quantitative estimate of drug-likeness (QED) is 0.120. The lowest BCUT2D eigenvalue weighted by Crippen LogP contribution is -2.53. The fourth-order valence-corrected chi connectivity index (χ4v) is 24.8. The van der Waals surface area contributed by atoms with Gasteiger partial charge in [-0.15, -0.1) is 22.7 Å². The third kappa shape index (κ3) is 8.38. The Kier molecular flexibility index (Phi) is 11.9. The first-order valence-electron chi connectivity index (χ1n) is 22.4. The van der Waals surface area contributed by atoms with Crippen molar-refractivity contribution in [1.29, 1.82) is 0 Å². The minimum Gasteiger partial charge on any atom is -0.141 e. The molecule has 9 rings (SSSR count). The Labute approximate surface area is 388 Å². The van der Waals surface area contributed by atoms with Crippen LogP contribution in [0.25, 0.3) is 21.5 Å². The van der Waals surface area contributed by atoms with Crippen LogP contribution in [0.1, 0.15) is 72.2 Å². The lowest BCUT2D eigenvalue weighted by atomic mass is 9.91. The molecule has 8 aromatic rings. The van der Waals surface area contributed by atoms with E-state index in [0.717, 1.165) is 0 Å². The summed E-state index contributed by atoms with van der Waals surface area (Å²) in [6.45, 7) is 19.8. The molecule has 0 unspecified atom stereocenters. The van der Waals surface area contributed by atoms with Crippen LogP contribution < -0.4 is 31.1 Å². The molecule has 6 aromatic carbocycles. The molecular weight excluding hydrogens is 845 g/mol. The average Bonchev–Trinajstić information content (AvgIpc) is 3.99. The summed E-state index contributed by atoms with van der Waals surface area (Å²) < 4.78 is 0. The van der Waals surface area contributed by atoms with Crippen LogP contribution in [0.15, 0.2) is 194 Å². The van der Waals surface area contributed by atoms with Gasteiger partial charge in [-0.3, -0.25) is 0 Å². The summed E-state index contributed by atoms with van der Waals surface area (Å²) in [6, 6.07) is 74.0. The van der Waals surface area contributed by atoms with E-state index >= 15 is 0 Å². The first kappa shape index (κ1) is 43.1. The maximum Gasteiger partial charge on any atom is 0.134 e. The van der Waals surface area contributed by atoms with Crippen LogP contribution in [0.3, 0.4) is 0 Å². The number of thiophene rings is 2. The minimum atomic E-state index is -2.60. The van der Waals surface area contributed by atoms with E-state index in [9.17, 15) is 0 Å². The normalized spacial score (nSPS) is 14.3. The highest BCUT2D eigenvalue weighted by Gasteiger charge is 2.48. The Morgan fingerprint density at radius 2 is 0.619 bits per heavy atom. The van der Waals surface area contributed by atoms with Gasteiger partial charge in [-0.25, -0.2) is 0 Å². The van der Waals surface area contributed by atoms with Gasteiger partial charge in [0, 0.05) is 19.5 Å². The summed E-state index contributed by atoms with van der Waals surface area (Å²) >= 11 is 4.17. The monoisotopic (exact) mass is 902 g/mol. The second-order valence-corrected chi connectivity index (χ2v) is 31.7. The molecule has 0 saturated carbocycles. The second kappa shape index (κ2) is 17.4. The summed E-state index contributed by atoms with van der Waals surface area (Å²) in [5.74, 6) is 0. The maximum absolute atomic E-state index is 2.69. The van der Waals surface area contributed by atoms with Crippen LogP contribution in [0.5, 0.6) is 0 Å². The van der Waals surface area contributed by atoms with Crippen molar-refractivity contribution in [2.75, 3.05) is 0 Å². The first-order chi connectivity index (χ1) is 30.3. The molecule has 5 heteroatoms. The Morgan fingerprint density at radius 3 is 0.873 bits per heavy atom. The molecule has 0 saturated heterocycles. The predicted octanol–water partition coefficient (Wildman–Crippen LogP) is 11.2. The molecule has 0 nitrogen and oxygen atoms in total. The Bertz CT molecular complexity index is 2620. The van der Waals surface area contributed by atoms with E-state index < -0.39 is 25.7 Å². The molecular formula is C58H58S2Si3. The lowest BCUT2D eigenvalue weighted by Gasteiger charge is -2.29. The largest absolute Gasteiger partial charge is 0.141 e. The predicted molar refractivity (Wildman–Crippen MR) is 288 cm³/mol. The van der Waals surface area contributed by atoms with E-state index in [1.54, 1.807) is 20.8 Å². The highest BCUT2D eigenvalue weighted by atomic mass is 32.1. The maximum atomic E-state index is 2.69. The van der Waals surface area contributed by atoms with Gasteiger partial charge in [-0.1, -0.05) is 257 Å². The molecule has 0 atom stereocenters. The zero-order chi connectivity index (χ0) is 43.9. The average molecular weight is 903 g/mol. The molecule has 0 aliphatic carbocycles. The van der Waals surface area contributed by atoms with Crippen molar-refractivity contribution in [3.8, 4) is 0 Å². The Balaban J connectivity index is 1.42. The smallest absolute Gasteiger partial charge is 0.134 e. The number of rotatable bonds is 10. The van der Waals surface area contributed by atoms with E-state index in [0.29, 0.717) is 0 Å². The Hall–Kier alpha value is -5.15. The van der Waals surface area contributed by atoms with Crippen LogP contribution in [-0.4, -0.2) is 25.7 Å². The second-order valence-electron chi connectivity index (χ2n) is 19.7. The number of hydrogen-bond acceptors (Lipinski definition) is 2. The molecule has 3 heterocycles. The van der Waals surface area contributed by atoms with Crippen molar-refractivity contribution in [1.82, 2.24) is 0 Å². The van der Waals surface area contributed by atoms with Crippen LogP contribution in [0, 0.1) is 0 Å². The molecule has 2 aromatic heterocycles. The lowest BCUT2D eigenvalue weighted by molar-refractivity contribution is 0.604. The van der Waals surface area contributed by atoms with Crippen molar-refractivity contribution >= 4 is 101 Å². The van der Waals surface area contributed by atoms with Crippen LogP contribution in [0.4, 0.5) is 0 Å². The summed E-state index contributed by atoms with van der Waals surface area (Å²) in [7, 11) is -6.52. The van der Waals surface area contributed by atoms with E-state index in [-0.39, 0.29) is 10.8 Å². The molecule has 63 heavy (non-hydrogen) atoms. The topological polar surface area (TPSA) is 0 Å². The number of hydrogen-bond donors (Lipinski definition) is 0. The molecule has 0 N–H and O–H groups in total. The van der Waals surface area contributed by atoms with Gasteiger partial charge in [0.15, 0.2) is 0 Å². The van der Waals surface area contributed by atoms with Crippen LogP contribution in [0.2, 0.25) is 13.1 Å². The molecule has 0 bridgehead atoms. The third-order valence-corrected chi connectivity index (χ3v) is 26.6. The molecule has 0 spiro atoms. The van der Waals surface area contributed by atoms with Gasteiger partial charge in [0.25, 0.3) is 0 Å². The van der Waals surface area contributed by atoms with E-state index in [1.807, 2.05) is 0 Å². The summed E-state index contributed by atoms with van der Waals surface area (Å²) in [5.41, 5.74) is 5.47. The van der Waals surface area contributed by atoms with Gasteiger partial charge >= 0.3 is 0 Å². The fraction of sp³-hybridized carbons (Fsp3) is 0.172. The van der Waals surface area contributed by atoms with Gasteiger partial charge in [0.2, 0.25) is 0 Å². The molecule has 1 aliphatic rings. The molecule has 1 aliphatic heterocycles. The van der Waals surface area contributed by atoms with Gasteiger partial charge in [-0.05, 0) is 66.0 Å². The minimum absolute atomic E-state index is 0.00694. The fourth-order valence-electron chi connectivity index (χ4n) is 9.64. The van der Waals surface area contributed by atoms with Gasteiger partial charge in [0.05, 0.1) is 0 Å². The van der Waals surface area contributed by atoms with E-state index in [2.05, 4.69) is 271 Å².